The number of aliphatic hydroxyl groups excluding tert-OH is 2. The number of hydrogen-bond acceptors (Lipinski definition) is 6. The maximum Gasteiger partial charge on any atom is 0.152 e. The van der Waals surface area contributed by atoms with Crippen molar-refractivity contribution in [3.63, 3.8) is 0 Å². The van der Waals surface area contributed by atoms with Crippen molar-refractivity contribution in [2.45, 2.75) is 18.3 Å². The Morgan fingerprint density at radius 1 is 0.857 bits per heavy atom. The molecular formula is C15H14O6. The van der Waals surface area contributed by atoms with Gasteiger partial charge in [-0.2, -0.15) is 0 Å². The fourth-order valence-corrected chi connectivity index (χ4v) is 2.46. The first kappa shape index (κ1) is 13.5. The van der Waals surface area contributed by atoms with E-state index in [0.29, 0.717) is 5.56 Å². The summed E-state index contributed by atoms with van der Waals surface area (Å²) in [6.07, 6.45) is -3.53. The third-order valence-electron chi connectivity index (χ3n) is 3.51. The van der Waals surface area contributed by atoms with Gasteiger partial charge in [0.15, 0.2) is 6.10 Å². The fraction of sp³-hybridized carbons (Fsp3) is 0.200. The van der Waals surface area contributed by atoms with Gasteiger partial charge in [0.25, 0.3) is 0 Å². The molecule has 0 fully saturated rings. The Labute approximate surface area is 120 Å². The van der Waals surface area contributed by atoms with Gasteiger partial charge in [-0.15, -0.1) is 0 Å². The van der Waals surface area contributed by atoms with Gasteiger partial charge in [0.2, 0.25) is 0 Å². The Kier molecular flexibility index (Phi) is 3.12. The summed E-state index contributed by atoms with van der Waals surface area (Å²) in [5.74, 6) is -0.385. The Bertz CT molecular complexity index is 667. The molecule has 1 heterocycles. The van der Waals surface area contributed by atoms with Gasteiger partial charge in [0.1, 0.15) is 35.2 Å². The van der Waals surface area contributed by atoms with Crippen molar-refractivity contribution in [1.29, 1.82) is 0 Å². The summed E-state index contributed by atoms with van der Waals surface area (Å²) in [6.45, 7) is 0. The molecule has 21 heavy (non-hydrogen) atoms. The van der Waals surface area contributed by atoms with Gasteiger partial charge in [0, 0.05) is 12.1 Å². The summed E-state index contributed by atoms with van der Waals surface area (Å²) < 4.78 is 5.59. The largest absolute Gasteiger partial charge is 0.508 e. The molecule has 6 heteroatoms. The molecule has 0 radical (unpaired) electrons. The summed E-state index contributed by atoms with van der Waals surface area (Å²) >= 11 is 0. The zero-order chi connectivity index (χ0) is 15.1. The van der Waals surface area contributed by atoms with Crippen LogP contribution in [0.15, 0.2) is 36.4 Å². The SMILES string of the molecule is Oc1ccc([C@@H]2Oc3cc(O)cc(O)c3[C@@H](O)[C@H]2O)cc1. The smallest absolute Gasteiger partial charge is 0.152 e. The molecule has 5 N–H and O–H groups in total. The first-order chi connectivity index (χ1) is 9.97. The third kappa shape index (κ3) is 2.24. The highest BCUT2D eigenvalue weighted by atomic mass is 16.5. The third-order valence-corrected chi connectivity index (χ3v) is 3.51. The lowest BCUT2D eigenvalue weighted by Crippen LogP contribution is -2.34. The monoisotopic (exact) mass is 290 g/mol. The molecule has 0 amide bonds. The van der Waals surface area contributed by atoms with Crippen LogP contribution >= 0.6 is 0 Å². The highest BCUT2D eigenvalue weighted by Crippen LogP contribution is 2.46. The summed E-state index contributed by atoms with van der Waals surface area (Å²) in [5, 5.41) is 48.9. The van der Waals surface area contributed by atoms with E-state index in [1.54, 1.807) is 12.1 Å². The summed E-state index contributed by atoms with van der Waals surface area (Å²) in [7, 11) is 0. The van der Waals surface area contributed by atoms with Crippen molar-refractivity contribution in [3.05, 3.63) is 47.5 Å². The summed E-state index contributed by atoms with van der Waals surface area (Å²) in [5.41, 5.74) is 0.586. The molecule has 0 saturated heterocycles. The first-order valence-corrected chi connectivity index (χ1v) is 6.35. The van der Waals surface area contributed by atoms with Crippen molar-refractivity contribution in [1.82, 2.24) is 0 Å². The zero-order valence-electron chi connectivity index (χ0n) is 10.8. The number of phenols is 3. The minimum absolute atomic E-state index is 0.0373. The number of ether oxygens (including phenoxy) is 1. The van der Waals surface area contributed by atoms with Crippen LogP contribution in [-0.2, 0) is 0 Å². The second-order valence-corrected chi connectivity index (χ2v) is 4.94. The maximum atomic E-state index is 10.2. The Morgan fingerprint density at radius 3 is 2.19 bits per heavy atom. The van der Waals surface area contributed by atoms with Crippen molar-refractivity contribution in [2.24, 2.45) is 0 Å². The Balaban J connectivity index is 2.04. The van der Waals surface area contributed by atoms with E-state index >= 15 is 0 Å². The molecule has 6 nitrogen and oxygen atoms in total. The molecule has 0 saturated carbocycles. The van der Waals surface area contributed by atoms with Gasteiger partial charge in [-0.1, -0.05) is 12.1 Å². The fourth-order valence-electron chi connectivity index (χ4n) is 2.46. The standard InChI is InChI=1S/C15H14O6/c16-8-3-1-7(2-4-8)15-14(20)13(19)12-10(18)5-9(17)6-11(12)21-15/h1-6,13-20H/t13-,14-,15+/m1/s1. The highest BCUT2D eigenvalue weighted by Gasteiger charge is 2.39. The van der Waals surface area contributed by atoms with E-state index in [-0.39, 0.29) is 28.6 Å². The van der Waals surface area contributed by atoms with Gasteiger partial charge in [-0.3, -0.25) is 0 Å². The molecule has 1 aliphatic rings. The number of fused-ring (bicyclic) bond motifs is 1. The molecule has 2 aromatic rings. The molecule has 0 spiro atoms. The van der Waals surface area contributed by atoms with Crippen LogP contribution in [0.25, 0.3) is 0 Å². The second-order valence-electron chi connectivity index (χ2n) is 4.94. The highest BCUT2D eigenvalue weighted by molar-refractivity contribution is 5.52. The second kappa shape index (κ2) is 4.83. The van der Waals surface area contributed by atoms with E-state index in [2.05, 4.69) is 0 Å². The number of rotatable bonds is 1. The van der Waals surface area contributed by atoms with Crippen LogP contribution in [0.5, 0.6) is 23.0 Å². The average molecular weight is 290 g/mol. The van der Waals surface area contributed by atoms with Crippen LogP contribution in [-0.4, -0.2) is 31.6 Å². The number of aliphatic hydroxyl groups is 2. The first-order valence-electron chi connectivity index (χ1n) is 6.35. The molecule has 3 atom stereocenters. The van der Waals surface area contributed by atoms with Crippen molar-refractivity contribution < 1.29 is 30.3 Å². The summed E-state index contributed by atoms with van der Waals surface area (Å²) in [6, 6.07) is 8.32. The van der Waals surface area contributed by atoms with Gasteiger partial charge < -0.3 is 30.3 Å². The van der Waals surface area contributed by atoms with E-state index in [4.69, 9.17) is 4.74 Å². The summed E-state index contributed by atoms with van der Waals surface area (Å²) in [4.78, 5) is 0. The van der Waals surface area contributed by atoms with Crippen LogP contribution in [0.2, 0.25) is 0 Å². The average Bonchev–Trinajstić information content (AvgIpc) is 2.43. The minimum Gasteiger partial charge on any atom is -0.508 e. The van der Waals surface area contributed by atoms with Gasteiger partial charge in [-0.25, -0.2) is 0 Å². The molecule has 0 unspecified atom stereocenters. The van der Waals surface area contributed by atoms with Crippen molar-refractivity contribution in [2.75, 3.05) is 0 Å². The molecule has 3 rings (SSSR count). The van der Waals surface area contributed by atoms with Crippen LogP contribution in [0.4, 0.5) is 0 Å². The van der Waals surface area contributed by atoms with E-state index < -0.39 is 18.3 Å². The predicted molar refractivity (Wildman–Crippen MR) is 72.2 cm³/mol. The number of aromatic hydroxyl groups is 3. The molecule has 110 valence electrons. The predicted octanol–water partition coefficient (Wildman–Crippen LogP) is 1.33. The van der Waals surface area contributed by atoms with Crippen molar-refractivity contribution in [3.8, 4) is 23.0 Å². The lowest BCUT2D eigenvalue weighted by atomic mass is 9.91. The van der Waals surface area contributed by atoms with Crippen LogP contribution in [0.1, 0.15) is 23.3 Å². The van der Waals surface area contributed by atoms with Crippen LogP contribution < -0.4 is 4.74 Å². The van der Waals surface area contributed by atoms with Crippen LogP contribution in [0, 0.1) is 0 Å². The lowest BCUT2D eigenvalue weighted by molar-refractivity contribution is -0.0710. The maximum absolute atomic E-state index is 10.2. The van der Waals surface area contributed by atoms with Crippen molar-refractivity contribution >= 4 is 0 Å². The molecule has 2 aromatic carbocycles. The zero-order valence-corrected chi connectivity index (χ0v) is 10.8. The Morgan fingerprint density at radius 2 is 1.52 bits per heavy atom. The number of phenolic OH excluding ortho intramolecular Hbond substituents is 3. The van der Waals surface area contributed by atoms with Crippen LogP contribution in [0.3, 0.4) is 0 Å². The molecular weight excluding hydrogens is 276 g/mol. The van der Waals surface area contributed by atoms with E-state index in [1.807, 2.05) is 0 Å². The lowest BCUT2D eigenvalue weighted by Gasteiger charge is -2.34. The molecule has 0 bridgehead atoms. The molecule has 1 aliphatic heterocycles. The molecule has 0 aromatic heterocycles. The van der Waals surface area contributed by atoms with Gasteiger partial charge in [0.05, 0.1) is 5.56 Å². The van der Waals surface area contributed by atoms with E-state index in [0.717, 1.165) is 6.07 Å². The topological polar surface area (TPSA) is 110 Å². The quantitative estimate of drug-likeness (QED) is 0.542. The van der Waals surface area contributed by atoms with Gasteiger partial charge in [-0.05, 0) is 17.7 Å². The van der Waals surface area contributed by atoms with Gasteiger partial charge >= 0.3 is 0 Å². The Hall–Kier alpha value is -2.44. The molecule has 0 aliphatic carbocycles. The number of benzene rings is 2. The van der Waals surface area contributed by atoms with E-state index in [9.17, 15) is 25.5 Å². The number of hydrogen-bond donors (Lipinski definition) is 5. The normalized spacial score (nSPS) is 24.2. The minimum atomic E-state index is -1.35. The van der Waals surface area contributed by atoms with E-state index in [1.165, 1.54) is 18.2 Å².